The van der Waals surface area contributed by atoms with Gasteiger partial charge < -0.3 is 10.4 Å². The zero-order valence-electron chi connectivity index (χ0n) is 8.98. The molecule has 6 heteroatoms. The Bertz CT molecular complexity index is 342. The predicted octanol–water partition coefficient (Wildman–Crippen LogP) is 1.02. The summed E-state index contributed by atoms with van der Waals surface area (Å²) in [5, 5.41) is 11.9. The second-order valence-corrected chi connectivity index (χ2v) is 3.75. The first-order chi connectivity index (χ1) is 7.67. The summed E-state index contributed by atoms with van der Waals surface area (Å²) in [5.41, 5.74) is 0.193. The molecule has 0 spiro atoms. The number of aliphatic hydroxyl groups excluding tert-OH is 1. The van der Waals surface area contributed by atoms with E-state index in [1.807, 2.05) is 6.92 Å². The second-order valence-electron chi connectivity index (χ2n) is 3.37. The highest BCUT2D eigenvalue weighted by Crippen LogP contribution is 2.02. The number of amides is 1. The van der Waals surface area contributed by atoms with Gasteiger partial charge in [-0.15, -0.1) is 0 Å². The molecule has 88 valence electrons. The van der Waals surface area contributed by atoms with Gasteiger partial charge in [0.25, 0.3) is 5.91 Å². The topological polar surface area (TPSA) is 75.1 Å². The molecule has 2 N–H and O–H groups in total. The van der Waals surface area contributed by atoms with E-state index in [4.69, 9.17) is 16.7 Å². The lowest BCUT2D eigenvalue weighted by molar-refractivity contribution is 0.0907. The number of nitrogens with zero attached hydrogens (tertiary/aromatic N) is 2. The van der Waals surface area contributed by atoms with Crippen molar-refractivity contribution >= 4 is 17.5 Å². The van der Waals surface area contributed by atoms with Crippen LogP contribution >= 0.6 is 11.6 Å². The molecule has 1 aromatic rings. The highest BCUT2D eigenvalue weighted by Gasteiger charge is 2.13. The quantitative estimate of drug-likeness (QED) is 0.810. The summed E-state index contributed by atoms with van der Waals surface area (Å²) in [6, 6.07) is -0.241. The van der Waals surface area contributed by atoms with E-state index < -0.39 is 0 Å². The van der Waals surface area contributed by atoms with Gasteiger partial charge in [0.1, 0.15) is 10.8 Å². The third-order valence-corrected chi connectivity index (χ3v) is 2.24. The van der Waals surface area contributed by atoms with E-state index >= 15 is 0 Å². The summed E-state index contributed by atoms with van der Waals surface area (Å²) in [7, 11) is 0. The average molecular weight is 244 g/mol. The van der Waals surface area contributed by atoms with E-state index in [0.29, 0.717) is 0 Å². The van der Waals surface area contributed by atoms with E-state index in [1.54, 1.807) is 0 Å². The van der Waals surface area contributed by atoms with Crippen molar-refractivity contribution in [2.45, 2.75) is 25.8 Å². The Morgan fingerprint density at radius 1 is 1.56 bits per heavy atom. The van der Waals surface area contributed by atoms with E-state index in [-0.39, 0.29) is 29.4 Å². The van der Waals surface area contributed by atoms with E-state index in [1.165, 1.54) is 12.4 Å². The number of carbonyl (C=O) groups excluding carboxylic acids is 1. The first-order valence-electron chi connectivity index (χ1n) is 5.06. The minimum absolute atomic E-state index is 0.0827. The Labute approximate surface area is 98.9 Å². The molecule has 0 saturated heterocycles. The number of hydrogen-bond acceptors (Lipinski definition) is 4. The lowest BCUT2D eigenvalue weighted by Crippen LogP contribution is -2.37. The number of aliphatic hydroxyl groups is 1. The Morgan fingerprint density at radius 3 is 2.81 bits per heavy atom. The van der Waals surface area contributed by atoms with Crippen molar-refractivity contribution in [3.63, 3.8) is 0 Å². The van der Waals surface area contributed by atoms with Crippen LogP contribution in [-0.2, 0) is 0 Å². The van der Waals surface area contributed by atoms with E-state index in [2.05, 4.69) is 15.3 Å². The number of aromatic nitrogens is 2. The zero-order valence-corrected chi connectivity index (χ0v) is 9.74. The molecular formula is C10H14ClN3O2. The Hall–Kier alpha value is -1.20. The third kappa shape index (κ3) is 3.75. The minimum atomic E-state index is -0.350. The number of carbonyl (C=O) groups is 1. The summed E-state index contributed by atoms with van der Waals surface area (Å²) in [6.45, 7) is 1.90. The highest BCUT2D eigenvalue weighted by molar-refractivity contribution is 6.29. The van der Waals surface area contributed by atoms with Crippen LogP contribution in [0.25, 0.3) is 0 Å². The SMILES string of the molecule is CCC[C@H](CO)NC(=O)c1cnc(Cl)cn1. The van der Waals surface area contributed by atoms with Gasteiger partial charge in [0, 0.05) is 0 Å². The van der Waals surface area contributed by atoms with Gasteiger partial charge in [-0.25, -0.2) is 9.97 Å². The van der Waals surface area contributed by atoms with Crippen LogP contribution in [0.3, 0.4) is 0 Å². The van der Waals surface area contributed by atoms with Gasteiger partial charge in [-0.2, -0.15) is 0 Å². The van der Waals surface area contributed by atoms with Crippen LogP contribution in [0, 0.1) is 0 Å². The molecule has 0 aliphatic heterocycles. The fraction of sp³-hybridized carbons (Fsp3) is 0.500. The van der Waals surface area contributed by atoms with Crippen LogP contribution in [-0.4, -0.2) is 33.6 Å². The maximum Gasteiger partial charge on any atom is 0.271 e. The molecule has 1 rings (SSSR count). The van der Waals surface area contributed by atoms with Crippen molar-refractivity contribution < 1.29 is 9.90 Å². The van der Waals surface area contributed by atoms with Crippen molar-refractivity contribution in [3.8, 4) is 0 Å². The van der Waals surface area contributed by atoms with Crippen LogP contribution in [0.2, 0.25) is 5.15 Å². The number of hydrogen-bond donors (Lipinski definition) is 2. The van der Waals surface area contributed by atoms with Crippen LogP contribution in [0.4, 0.5) is 0 Å². The fourth-order valence-corrected chi connectivity index (χ4v) is 1.34. The molecule has 16 heavy (non-hydrogen) atoms. The molecule has 1 amide bonds. The van der Waals surface area contributed by atoms with Crippen molar-refractivity contribution in [1.29, 1.82) is 0 Å². The van der Waals surface area contributed by atoms with Gasteiger partial charge >= 0.3 is 0 Å². The molecule has 0 aliphatic rings. The summed E-state index contributed by atoms with van der Waals surface area (Å²) in [6.07, 6.45) is 4.23. The molecule has 0 radical (unpaired) electrons. The Kier molecular flexibility index (Phi) is 5.14. The number of nitrogens with one attached hydrogen (secondary N) is 1. The number of rotatable bonds is 5. The Morgan fingerprint density at radius 2 is 2.31 bits per heavy atom. The van der Waals surface area contributed by atoms with Crippen LogP contribution in [0.15, 0.2) is 12.4 Å². The molecule has 0 fully saturated rings. The molecule has 5 nitrogen and oxygen atoms in total. The highest BCUT2D eigenvalue weighted by atomic mass is 35.5. The molecular weight excluding hydrogens is 230 g/mol. The van der Waals surface area contributed by atoms with Gasteiger partial charge in [0.15, 0.2) is 0 Å². The molecule has 0 saturated carbocycles. The molecule has 0 unspecified atom stereocenters. The smallest absolute Gasteiger partial charge is 0.271 e. The van der Waals surface area contributed by atoms with Crippen LogP contribution in [0.5, 0.6) is 0 Å². The van der Waals surface area contributed by atoms with Gasteiger partial charge in [0.05, 0.1) is 25.0 Å². The number of halogens is 1. The maximum atomic E-state index is 11.6. The van der Waals surface area contributed by atoms with Crippen molar-refractivity contribution in [1.82, 2.24) is 15.3 Å². The molecule has 0 aromatic carbocycles. The minimum Gasteiger partial charge on any atom is -0.394 e. The fourth-order valence-electron chi connectivity index (χ4n) is 1.25. The van der Waals surface area contributed by atoms with Gasteiger partial charge in [0.2, 0.25) is 0 Å². The molecule has 1 atom stereocenters. The van der Waals surface area contributed by atoms with Crippen molar-refractivity contribution in [3.05, 3.63) is 23.2 Å². The van der Waals surface area contributed by atoms with Crippen molar-refractivity contribution in [2.24, 2.45) is 0 Å². The summed E-state index contributed by atoms with van der Waals surface area (Å²) in [5.74, 6) is -0.350. The van der Waals surface area contributed by atoms with Gasteiger partial charge in [-0.1, -0.05) is 24.9 Å². The summed E-state index contributed by atoms with van der Waals surface area (Å²) >= 11 is 5.55. The monoisotopic (exact) mass is 243 g/mol. The summed E-state index contributed by atoms with van der Waals surface area (Å²) < 4.78 is 0. The van der Waals surface area contributed by atoms with Crippen molar-refractivity contribution in [2.75, 3.05) is 6.61 Å². The normalized spacial score (nSPS) is 12.2. The standard InChI is InChI=1S/C10H14ClN3O2/c1-2-3-7(6-15)14-10(16)8-4-13-9(11)5-12-8/h4-5,7,15H,2-3,6H2,1H3,(H,14,16)/t7-/m1/s1. The molecule has 1 aromatic heterocycles. The molecule has 0 bridgehead atoms. The van der Waals surface area contributed by atoms with Gasteiger partial charge in [-0.3, -0.25) is 4.79 Å². The Balaban J connectivity index is 2.60. The largest absolute Gasteiger partial charge is 0.394 e. The lowest BCUT2D eigenvalue weighted by Gasteiger charge is -2.14. The molecule has 1 heterocycles. The first kappa shape index (κ1) is 12.9. The predicted molar refractivity (Wildman–Crippen MR) is 60.3 cm³/mol. The maximum absolute atomic E-state index is 11.6. The van der Waals surface area contributed by atoms with E-state index in [9.17, 15) is 4.79 Å². The summed E-state index contributed by atoms with van der Waals surface area (Å²) in [4.78, 5) is 19.2. The van der Waals surface area contributed by atoms with Crippen LogP contribution < -0.4 is 5.32 Å². The third-order valence-electron chi connectivity index (χ3n) is 2.05. The van der Waals surface area contributed by atoms with Crippen LogP contribution in [0.1, 0.15) is 30.3 Å². The molecule has 0 aliphatic carbocycles. The lowest BCUT2D eigenvalue weighted by atomic mass is 10.2. The van der Waals surface area contributed by atoms with E-state index in [0.717, 1.165) is 12.8 Å². The van der Waals surface area contributed by atoms with Gasteiger partial charge in [-0.05, 0) is 6.42 Å². The zero-order chi connectivity index (χ0) is 12.0. The average Bonchev–Trinajstić information content (AvgIpc) is 2.29. The first-order valence-corrected chi connectivity index (χ1v) is 5.44. The second kappa shape index (κ2) is 6.40.